The molecule has 0 spiro atoms. The van der Waals surface area contributed by atoms with Gasteiger partial charge in [-0.1, -0.05) is 20.8 Å². The highest BCUT2D eigenvalue weighted by molar-refractivity contribution is 4.86. The van der Waals surface area contributed by atoms with Gasteiger partial charge in [0.2, 0.25) is 0 Å². The predicted octanol–water partition coefficient (Wildman–Crippen LogP) is 3.13. The van der Waals surface area contributed by atoms with Gasteiger partial charge in [0.1, 0.15) is 0 Å². The summed E-state index contributed by atoms with van der Waals surface area (Å²) < 4.78 is 5.14. The van der Waals surface area contributed by atoms with E-state index in [4.69, 9.17) is 10.5 Å². The van der Waals surface area contributed by atoms with Gasteiger partial charge in [0.15, 0.2) is 0 Å². The smallest absolute Gasteiger partial charge is 0.0474 e. The Labute approximate surface area is 126 Å². The van der Waals surface area contributed by atoms with Gasteiger partial charge in [0, 0.05) is 32.8 Å². The van der Waals surface area contributed by atoms with Crippen molar-refractivity contribution in [1.29, 1.82) is 0 Å². The summed E-state index contributed by atoms with van der Waals surface area (Å²) in [6.07, 6.45) is 6.53. The summed E-state index contributed by atoms with van der Waals surface area (Å²) in [5.74, 6) is 1.67. The molecule has 2 N–H and O–H groups in total. The lowest BCUT2D eigenvalue weighted by Crippen LogP contribution is -2.45. The number of rotatable bonds is 7. The Kier molecular flexibility index (Phi) is 7.49. The first kappa shape index (κ1) is 17.9. The summed E-state index contributed by atoms with van der Waals surface area (Å²) in [5, 5.41) is 0. The average molecular weight is 284 g/mol. The molecular weight excluding hydrogens is 248 g/mol. The maximum Gasteiger partial charge on any atom is 0.0474 e. The molecule has 0 radical (unpaired) electrons. The molecule has 1 saturated carbocycles. The van der Waals surface area contributed by atoms with Crippen molar-refractivity contribution in [2.45, 2.75) is 58.9 Å². The molecule has 0 heterocycles. The van der Waals surface area contributed by atoms with Crippen LogP contribution in [0.2, 0.25) is 0 Å². The number of likely N-dealkylation sites (N-methyl/N-ethyl adjacent to an activating group) is 1. The Morgan fingerprint density at radius 3 is 2.25 bits per heavy atom. The number of ether oxygens (including phenoxy) is 1. The second-order valence-electron chi connectivity index (χ2n) is 7.61. The van der Waals surface area contributed by atoms with Crippen LogP contribution in [0, 0.1) is 17.3 Å². The first-order chi connectivity index (χ1) is 9.40. The van der Waals surface area contributed by atoms with E-state index >= 15 is 0 Å². The minimum Gasteiger partial charge on any atom is -0.385 e. The minimum atomic E-state index is 0.466. The lowest BCUT2D eigenvalue weighted by atomic mass is 9.68. The molecule has 1 rings (SSSR count). The van der Waals surface area contributed by atoms with Crippen LogP contribution in [0.3, 0.4) is 0 Å². The number of nitrogens with two attached hydrogens (primary N) is 1. The molecule has 1 aliphatic rings. The molecule has 0 bridgehead atoms. The summed E-state index contributed by atoms with van der Waals surface area (Å²) >= 11 is 0. The average Bonchev–Trinajstić information content (AvgIpc) is 2.39. The third-order valence-electron chi connectivity index (χ3n) is 5.21. The molecule has 1 fully saturated rings. The van der Waals surface area contributed by atoms with Crippen molar-refractivity contribution in [3.63, 3.8) is 0 Å². The molecule has 1 aliphatic carbocycles. The second-order valence-corrected chi connectivity index (χ2v) is 7.61. The molecule has 0 aromatic rings. The van der Waals surface area contributed by atoms with E-state index < -0.39 is 0 Å². The highest BCUT2D eigenvalue weighted by atomic mass is 16.5. The number of methoxy groups -OCH3 is 1. The van der Waals surface area contributed by atoms with E-state index in [1.54, 1.807) is 7.11 Å². The Balaban J connectivity index is 2.43. The van der Waals surface area contributed by atoms with Crippen molar-refractivity contribution in [3.8, 4) is 0 Å². The molecule has 1 unspecified atom stereocenters. The second kappa shape index (κ2) is 8.35. The van der Waals surface area contributed by atoms with E-state index in [-0.39, 0.29) is 0 Å². The van der Waals surface area contributed by atoms with Gasteiger partial charge in [-0.05, 0) is 56.4 Å². The van der Waals surface area contributed by atoms with Gasteiger partial charge in [0.05, 0.1) is 0 Å². The monoisotopic (exact) mass is 284 g/mol. The normalized spacial score (nSPS) is 25.9. The maximum absolute atomic E-state index is 6.06. The predicted molar refractivity (Wildman–Crippen MR) is 86.9 cm³/mol. The molecular formula is C17H36N2O. The van der Waals surface area contributed by atoms with Gasteiger partial charge in [-0.15, -0.1) is 0 Å². The molecule has 3 nitrogen and oxygen atoms in total. The minimum absolute atomic E-state index is 0.466. The summed E-state index contributed by atoms with van der Waals surface area (Å²) in [4.78, 5) is 2.46. The molecule has 0 amide bonds. The molecule has 20 heavy (non-hydrogen) atoms. The Morgan fingerprint density at radius 2 is 1.80 bits per heavy atom. The Hall–Kier alpha value is -0.120. The molecule has 120 valence electrons. The molecule has 0 aromatic heterocycles. The van der Waals surface area contributed by atoms with Crippen molar-refractivity contribution in [2.75, 3.05) is 33.9 Å². The molecule has 1 atom stereocenters. The van der Waals surface area contributed by atoms with Crippen LogP contribution < -0.4 is 5.73 Å². The lowest BCUT2D eigenvalue weighted by Gasteiger charge is -2.41. The van der Waals surface area contributed by atoms with Crippen LogP contribution in [0.15, 0.2) is 0 Å². The molecule has 0 aliphatic heterocycles. The summed E-state index contributed by atoms with van der Waals surface area (Å²) in [6, 6.07) is 0.549. The van der Waals surface area contributed by atoms with Crippen molar-refractivity contribution < 1.29 is 4.74 Å². The van der Waals surface area contributed by atoms with Crippen molar-refractivity contribution in [1.82, 2.24) is 4.90 Å². The molecule has 3 heteroatoms. The van der Waals surface area contributed by atoms with Gasteiger partial charge in [-0.25, -0.2) is 0 Å². The number of hydrogen-bond acceptors (Lipinski definition) is 3. The SMILES string of the molecule is COCCCN(C)C(CN)C1CCC(C(C)(C)C)CC1. The van der Waals surface area contributed by atoms with Crippen LogP contribution in [0.4, 0.5) is 0 Å². The highest BCUT2D eigenvalue weighted by Gasteiger charge is 2.33. The number of nitrogens with zero attached hydrogens (tertiary/aromatic N) is 1. The van der Waals surface area contributed by atoms with E-state index in [1.807, 2.05) is 0 Å². The first-order valence-electron chi connectivity index (χ1n) is 8.29. The Morgan fingerprint density at radius 1 is 1.20 bits per heavy atom. The maximum atomic E-state index is 6.06. The van der Waals surface area contributed by atoms with Crippen LogP contribution >= 0.6 is 0 Å². The Bertz CT molecular complexity index is 254. The van der Waals surface area contributed by atoms with E-state index in [2.05, 4.69) is 32.7 Å². The highest BCUT2D eigenvalue weighted by Crippen LogP contribution is 2.41. The van der Waals surface area contributed by atoms with E-state index in [0.29, 0.717) is 11.5 Å². The van der Waals surface area contributed by atoms with Crippen molar-refractivity contribution in [3.05, 3.63) is 0 Å². The van der Waals surface area contributed by atoms with Crippen LogP contribution in [-0.4, -0.2) is 44.8 Å². The molecule has 0 saturated heterocycles. The standard InChI is InChI=1S/C17H36N2O/c1-17(2,3)15-9-7-14(8-10-15)16(13-18)19(4)11-6-12-20-5/h14-16H,6-13,18H2,1-5H3. The largest absolute Gasteiger partial charge is 0.385 e. The molecule has 0 aromatic carbocycles. The van der Waals surface area contributed by atoms with Gasteiger partial charge >= 0.3 is 0 Å². The third-order valence-corrected chi connectivity index (χ3v) is 5.21. The zero-order valence-corrected chi connectivity index (χ0v) is 14.3. The van der Waals surface area contributed by atoms with E-state index in [9.17, 15) is 0 Å². The summed E-state index contributed by atoms with van der Waals surface area (Å²) in [5.41, 5.74) is 6.52. The van der Waals surface area contributed by atoms with Gasteiger partial charge < -0.3 is 15.4 Å². The van der Waals surface area contributed by atoms with Crippen LogP contribution in [0.1, 0.15) is 52.9 Å². The van der Waals surface area contributed by atoms with Gasteiger partial charge in [-0.2, -0.15) is 0 Å². The third kappa shape index (κ3) is 5.34. The van der Waals surface area contributed by atoms with Crippen LogP contribution in [0.25, 0.3) is 0 Å². The zero-order valence-electron chi connectivity index (χ0n) is 14.3. The van der Waals surface area contributed by atoms with Crippen molar-refractivity contribution >= 4 is 0 Å². The number of hydrogen-bond donors (Lipinski definition) is 1. The van der Waals surface area contributed by atoms with Gasteiger partial charge in [-0.3, -0.25) is 0 Å². The van der Waals surface area contributed by atoms with E-state index in [1.165, 1.54) is 25.7 Å². The quantitative estimate of drug-likeness (QED) is 0.730. The van der Waals surface area contributed by atoms with Crippen LogP contribution in [0.5, 0.6) is 0 Å². The zero-order chi connectivity index (χ0) is 15.2. The summed E-state index contributed by atoms with van der Waals surface area (Å²) in [6.45, 7) is 9.88. The summed E-state index contributed by atoms with van der Waals surface area (Å²) in [7, 11) is 4.00. The lowest BCUT2D eigenvalue weighted by molar-refractivity contribution is 0.0888. The van der Waals surface area contributed by atoms with Gasteiger partial charge in [0.25, 0.3) is 0 Å². The fourth-order valence-corrected chi connectivity index (χ4v) is 3.73. The fourth-order valence-electron chi connectivity index (χ4n) is 3.73. The fraction of sp³-hybridized carbons (Fsp3) is 1.00. The first-order valence-corrected chi connectivity index (χ1v) is 8.29. The van der Waals surface area contributed by atoms with E-state index in [0.717, 1.165) is 38.0 Å². The topological polar surface area (TPSA) is 38.5 Å². The van der Waals surface area contributed by atoms with Crippen molar-refractivity contribution in [2.24, 2.45) is 23.0 Å². The van der Waals surface area contributed by atoms with Crippen LogP contribution in [-0.2, 0) is 4.74 Å².